The van der Waals surface area contributed by atoms with Crippen LogP contribution in [0, 0.1) is 5.92 Å². The normalized spacial score (nSPS) is 11.6. The number of carbonyl (C=O) groups excluding carboxylic acids is 3. The molecule has 12 heteroatoms. The van der Waals surface area contributed by atoms with Gasteiger partial charge in [0.25, 0.3) is 11.8 Å². The molecule has 0 aliphatic rings. The highest BCUT2D eigenvalue weighted by atomic mass is 16.5. The van der Waals surface area contributed by atoms with Gasteiger partial charge in [0.15, 0.2) is 0 Å². The molecule has 11 nitrogen and oxygen atoms in total. The number of rotatable bonds is 9. The summed E-state index contributed by atoms with van der Waals surface area (Å²) in [4.78, 5) is 41.9. The summed E-state index contributed by atoms with van der Waals surface area (Å²) in [7, 11) is 1.06. The molecule has 1 heterocycles. The molecule has 1 atom stereocenters. The van der Waals surface area contributed by atoms with E-state index in [1.54, 1.807) is 32.0 Å². The Morgan fingerprint density at radius 2 is 1.72 bits per heavy atom. The Bertz CT molecular complexity index is 1310. The molecule has 36 heavy (non-hydrogen) atoms. The Morgan fingerprint density at radius 3 is 2.31 bits per heavy atom. The quantitative estimate of drug-likeness (QED) is 0.266. The minimum absolute atomic E-state index is 0.0159. The number of nitrogens with two attached hydrogens (primary N) is 1. The number of aromatic nitrogens is 1. The van der Waals surface area contributed by atoms with Gasteiger partial charge >= 0.3 is 7.12 Å². The standard InChI is InChI=1S/C24H27BN4O7/c1-12(2)21(22(26)30)29-23(31)13-7-14(25(33)34)9-15(8-13)27-24(32)19-11-20(36-4)17-6-5-16(35-3)10-18(17)28-19/h5-12,21,33-34H,1-4H3,(H2,26,30)(H,27,32)(H,29,31)/t21-/m1/s1. The van der Waals surface area contributed by atoms with Crippen molar-refractivity contribution in [3.63, 3.8) is 0 Å². The third kappa shape index (κ3) is 5.91. The number of anilines is 1. The SMILES string of the molecule is COc1ccc2c(OC)cc(C(=O)Nc3cc(B(O)O)cc(C(=O)N[C@@H](C(N)=O)C(C)C)c3)nc2c1. The molecule has 0 aliphatic carbocycles. The topological polar surface area (TPSA) is 173 Å². The highest BCUT2D eigenvalue weighted by molar-refractivity contribution is 6.58. The number of hydrogen-bond acceptors (Lipinski definition) is 8. The van der Waals surface area contributed by atoms with Crippen LogP contribution in [0.2, 0.25) is 0 Å². The van der Waals surface area contributed by atoms with Crippen LogP contribution in [-0.4, -0.2) is 60.1 Å². The van der Waals surface area contributed by atoms with Gasteiger partial charge in [0.05, 0.1) is 19.7 Å². The molecule has 3 amide bonds. The van der Waals surface area contributed by atoms with Gasteiger partial charge in [0, 0.05) is 28.8 Å². The van der Waals surface area contributed by atoms with Crippen molar-refractivity contribution >= 4 is 46.9 Å². The Kier molecular flexibility index (Phi) is 8.12. The molecule has 0 bridgehead atoms. The molecular formula is C24H27BN4O7. The Balaban J connectivity index is 1.96. The molecule has 2 aromatic carbocycles. The van der Waals surface area contributed by atoms with Crippen LogP contribution in [0.25, 0.3) is 10.9 Å². The largest absolute Gasteiger partial charge is 0.497 e. The molecule has 3 aromatic rings. The summed E-state index contributed by atoms with van der Waals surface area (Å²) >= 11 is 0. The van der Waals surface area contributed by atoms with Crippen molar-refractivity contribution in [1.82, 2.24) is 10.3 Å². The molecular weight excluding hydrogens is 467 g/mol. The predicted molar refractivity (Wildman–Crippen MR) is 134 cm³/mol. The van der Waals surface area contributed by atoms with Crippen molar-refractivity contribution in [2.45, 2.75) is 19.9 Å². The van der Waals surface area contributed by atoms with Gasteiger partial charge in [-0.15, -0.1) is 0 Å². The van der Waals surface area contributed by atoms with Gasteiger partial charge < -0.3 is 35.9 Å². The van der Waals surface area contributed by atoms with Crippen molar-refractivity contribution in [3.8, 4) is 11.5 Å². The molecule has 0 unspecified atom stereocenters. The first-order valence-electron chi connectivity index (χ1n) is 11.0. The fourth-order valence-electron chi connectivity index (χ4n) is 3.58. The average molecular weight is 494 g/mol. The molecule has 0 fully saturated rings. The third-order valence-corrected chi connectivity index (χ3v) is 5.46. The summed E-state index contributed by atoms with van der Waals surface area (Å²) in [6, 6.07) is 9.55. The van der Waals surface area contributed by atoms with Crippen LogP contribution in [0.1, 0.15) is 34.7 Å². The molecule has 188 valence electrons. The second-order valence-corrected chi connectivity index (χ2v) is 8.36. The van der Waals surface area contributed by atoms with Gasteiger partial charge in [-0.25, -0.2) is 4.98 Å². The summed E-state index contributed by atoms with van der Waals surface area (Å²) in [5.41, 5.74) is 5.88. The number of benzene rings is 2. The summed E-state index contributed by atoms with van der Waals surface area (Å²) in [6.07, 6.45) is 0. The first-order valence-corrected chi connectivity index (χ1v) is 11.0. The number of pyridine rings is 1. The minimum Gasteiger partial charge on any atom is -0.497 e. The number of ether oxygens (including phenoxy) is 2. The van der Waals surface area contributed by atoms with Crippen LogP contribution in [0.5, 0.6) is 11.5 Å². The van der Waals surface area contributed by atoms with Crippen LogP contribution in [0.15, 0.2) is 42.5 Å². The van der Waals surface area contributed by atoms with E-state index in [2.05, 4.69) is 15.6 Å². The zero-order chi connectivity index (χ0) is 26.6. The van der Waals surface area contributed by atoms with Gasteiger partial charge in [-0.05, 0) is 41.7 Å². The van der Waals surface area contributed by atoms with Crippen LogP contribution < -0.4 is 31.3 Å². The van der Waals surface area contributed by atoms with Gasteiger partial charge in [-0.3, -0.25) is 14.4 Å². The van der Waals surface area contributed by atoms with E-state index in [0.29, 0.717) is 22.4 Å². The Morgan fingerprint density at radius 1 is 1.00 bits per heavy atom. The molecule has 0 radical (unpaired) electrons. The Labute approximate surface area is 207 Å². The lowest BCUT2D eigenvalue weighted by Gasteiger charge is -2.19. The van der Waals surface area contributed by atoms with Crippen LogP contribution in [0.4, 0.5) is 5.69 Å². The maximum Gasteiger partial charge on any atom is 0.488 e. The van der Waals surface area contributed by atoms with E-state index in [9.17, 15) is 24.4 Å². The maximum atomic E-state index is 13.1. The summed E-state index contributed by atoms with van der Waals surface area (Å²) < 4.78 is 10.6. The second kappa shape index (κ2) is 11.1. The number of carbonyl (C=O) groups is 3. The monoisotopic (exact) mass is 494 g/mol. The van der Waals surface area contributed by atoms with E-state index >= 15 is 0 Å². The number of nitrogens with zero attached hydrogens (tertiary/aromatic N) is 1. The second-order valence-electron chi connectivity index (χ2n) is 8.36. The van der Waals surface area contributed by atoms with E-state index < -0.39 is 30.9 Å². The van der Waals surface area contributed by atoms with E-state index in [1.807, 2.05) is 0 Å². The molecule has 0 aliphatic heterocycles. The van der Waals surface area contributed by atoms with Crippen molar-refractivity contribution in [3.05, 3.63) is 53.7 Å². The van der Waals surface area contributed by atoms with Gasteiger partial charge in [-0.1, -0.05) is 13.8 Å². The van der Waals surface area contributed by atoms with Crippen LogP contribution in [-0.2, 0) is 4.79 Å². The molecule has 6 N–H and O–H groups in total. The maximum absolute atomic E-state index is 13.1. The van der Waals surface area contributed by atoms with E-state index in [0.717, 1.165) is 0 Å². The van der Waals surface area contributed by atoms with Gasteiger partial charge in [0.1, 0.15) is 23.2 Å². The number of nitrogens with one attached hydrogen (secondary N) is 2. The van der Waals surface area contributed by atoms with E-state index in [-0.39, 0.29) is 28.3 Å². The number of methoxy groups -OCH3 is 2. The summed E-state index contributed by atoms with van der Waals surface area (Å²) in [6.45, 7) is 3.44. The number of primary amides is 1. The van der Waals surface area contributed by atoms with Crippen LogP contribution in [0.3, 0.4) is 0 Å². The van der Waals surface area contributed by atoms with Crippen molar-refractivity contribution in [1.29, 1.82) is 0 Å². The highest BCUT2D eigenvalue weighted by Crippen LogP contribution is 2.28. The summed E-state index contributed by atoms with van der Waals surface area (Å²) in [5, 5.41) is 25.2. The first kappa shape index (κ1) is 26.4. The molecule has 3 rings (SSSR count). The first-order chi connectivity index (χ1) is 17.0. The minimum atomic E-state index is -1.92. The van der Waals surface area contributed by atoms with E-state index in [4.69, 9.17) is 15.2 Å². The van der Waals surface area contributed by atoms with Crippen LogP contribution >= 0.6 is 0 Å². The smallest absolute Gasteiger partial charge is 0.488 e. The molecule has 0 spiro atoms. The highest BCUT2D eigenvalue weighted by Gasteiger charge is 2.24. The number of hydrogen-bond donors (Lipinski definition) is 5. The predicted octanol–water partition coefficient (Wildman–Crippen LogP) is 0.424. The fourth-order valence-corrected chi connectivity index (χ4v) is 3.58. The number of amides is 3. The van der Waals surface area contributed by atoms with E-state index in [1.165, 1.54) is 38.5 Å². The van der Waals surface area contributed by atoms with Crippen molar-refractivity contribution in [2.75, 3.05) is 19.5 Å². The lowest BCUT2D eigenvalue weighted by molar-refractivity contribution is -0.120. The zero-order valence-electron chi connectivity index (χ0n) is 20.2. The van der Waals surface area contributed by atoms with Gasteiger partial charge in [0.2, 0.25) is 5.91 Å². The zero-order valence-corrected chi connectivity index (χ0v) is 20.2. The van der Waals surface area contributed by atoms with Gasteiger partial charge in [-0.2, -0.15) is 0 Å². The van der Waals surface area contributed by atoms with Crippen molar-refractivity contribution < 1.29 is 33.9 Å². The number of fused-ring (bicyclic) bond motifs is 1. The third-order valence-electron chi connectivity index (χ3n) is 5.46. The fraction of sp³-hybridized carbons (Fsp3) is 0.250. The molecule has 1 aromatic heterocycles. The molecule has 0 saturated heterocycles. The average Bonchev–Trinajstić information content (AvgIpc) is 2.85. The summed E-state index contributed by atoms with van der Waals surface area (Å²) in [5.74, 6) is -1.33. The molecule has 0 saturated carbocycles. The lowest BCUT2D eigenvalue weighted by atomic mass is 9.79. The Hall–Kier alpha value is -4.16. The lowest BCUT2D eigenvalue weighted by Crippen LogP contribution is -2.48. The van der Waals surface area contributed by atoms with Crippen molar-refractivity contribution in [2.24, 2.45) is 11.7 Å².